The molecule has 2 rings (SSSR count). The minimum Gasteiger partial charge on any atom is -0.307 e. The molecule has 0 saturated carbocycles. The molecule has 0 bridgehead atoms. The third-order valence-electron chi connectivity index (χ3n) is 3.41. The summed E-state index contributed by atoms with van der Waals surface area (Å²) in [6.07, 6.45) is 4.07. The van der Waals surface area contributed by atoms with Crippen LogP contribution in [0.4, 0.5) is 0 Å². The Balaban J connectivity index is 1.97. The summed E-state index contributed by atoms with van der Waals surface area (Å²) in [7, 11) is 0. The van der Waals surface area contributed by atoms with E-state index in [4.69, 9.17) is 0 Å². The normalized spacial score (nSPS) is 13.1. The Morgan fingerprint density at radius 2 is 1.82 bits per heavy atom. The standard InChI is InChI=1S/C21H25N/c1-17(10-7-8-15-21(2,3)4)22-16-19-13-9-12-18-11-5-6-14-20(18)19/h5-7,9-14,17,22H,16H2,1-4H3. The minimum absolute atomic E-state index is 0.0595. The quantitative estimate of drug-likeness (QED) is 0.788. The van der Waals surface area contributed by atoms with E-state index in [2.05, 4.69) is 93.4 Å². The summed E-state index contributed by atoms with van der Waals surface area (Å²) in [5.74, 6) is 6.32. The van der Waals surface area contributed by atoms with Gasteiger partial charge in [-0.1, -0.05) is 60.4 Å². The van der Waals surface area contributed by atoms with Gasteiger partial charge in [-0.15, -0.1) is 0 Å². The highest BCUT2D eigenvalue weighted by Crippen LogP contribution is 2.18. The Morgan fingerprint density at radius 3 is 2.59 bits per heavy atom. The fourth-order valence-electron chi connectivity index (χ4n) is 2.24. The fourth-order valence-corrected chi connectivity index (χ4v) is 2.24. The molecule has 0 saturated heterocycles. The molecule has 0 aliphatic heterocycles. The largest absolute Gasteiger partial charge is 0.307 e. The zero-order valence-corrected chi connectivity index (χ0v) is 14.0. The minimum atomic E-state index is 0.0595. The van der Waals surface area contributed by atoms with E-state index in [0.717, 1.165) is 6.54 Å². The van der Waals surface area contributed by atoms with Gasteiger partial charge in [-0.05, 0) is 50.1 Å². The number of rotatable bonds is 4. The molecule has 1 N–H and O–H groups in total. The summed E-state index contributed by atoms with van der Waals surface area (Å²) in [5.41, 5.74) is 1.39. The van der Waals surface area contributed by atoms with Crippen molar-refractivity contribution < 1.29 is 0 Å². The predicted octanol–water partition coefficient (Wildman–Crippen LogP) is 4.92. The van der Waals surface area contributed by atoms with E-state index in [1.54, 1.807) is 0 Å². The number of allylic oxidation sites excluding steroid dienone is 1. The summed E-state index contributed by atoms with van der Waals surface area (Å²) < 4.78 is 0. The second-order valence-corrected chi connectivity index (χ2v) is 6.69. The Morgan fingerprint density at radius 1 is 1.09 bits per heavy atom. The van der Waals surface area contributed by atoms with Crippen LogP contribution in [0.2, 0.25) is 0 Å². The van der Waals surface area contributed by atoms with Crippen LogP contribution in [0.3, 0.4) is 0 Å². The Bertz CT molecular complexity index is 702. The molecule has 114 valence electrons. The summed E-state index contributed by atoms with van der Waals surface area (Å²) in [4.78, 5) is 0. The van der Waals surface area contributed by atoms with Gasteiger partial charge in [0.15, 0.2) is 0 Å². The maximum absolute atomic E-state index is 3.53. The van der Waals surface area contributed by atoms with Gasteiger partial charge in [-0.2, -0.15) is 0 Å². The summed E-state index contributed by atoms with van der Waals surface area (Å²) in [6.45, 7) is 9.38. The first kappa shape index (κ1) is 16.3. The van der Waals surface area contributed by atoms with Gasteiger partial charge in [0.1, 0.15) is 0 Å². The van der Waals surface area contributed by atoms with Gasteiger partial charge in [0.2, 0.25) is 0 Å². The van der Waals surface area contributed by atoms with E-state index in [0.29, 0.717) is 6.04 Å². The zero-order chi connectivity index (χ0) is 16.0. The highest BCUT2D eigenvalue weighted by atomic mass is 14.9. The third kappa shape index (κ3) is 5.06. The van der Waals surface area contributed by atoms with Crippen LogP contribution in [0.15, 0.2) is 54.6 Å². The highest BCUT2D eigenvalue weighted by molar-refractivity contribution is 5.85. The van der Waals surface area contributed by atoms with E-state index < -0.39 is 0 Å². The average Bonchev–Trinajstić information content (AvgIpc) is 2.48. The van der Waals surface area contributed by atoms with Crippen LogP contribution in [0.25, 0.3) is 10.8 Å². The number of hydrogen-bond donors (Lipinski definition) is 1. The molecule has 1 unspecified atom stereocenters. The molecule has 22 heavy (non-hydrogen) atoms. The van der Waals surface area contributed by atoms with Gasteiger partial charge in [-0.25, -0.2) is 0 Å². The lowest BCUT2D eigenvalue weighted by Gasteiger charge is -2.11. The van der Waals surface area contributed by atoms with Crippen molar-refractivity contribution >= 4 is 10.8 Å². The van der Waals surface area contributed by atoms with Crippen molar-refractivity contribution in [2.24, 2.45) is 5.41 Å². The van der Waals surface area contributed by atoms with E-state index in [-0.39, 0.29) is 5.41 Å². The molecule has 0 aromatic heterocycles. The molecule has 0 fully saturated rings. The van der Waals surface area contributed by atoms with Gasteiger partial charge < -0.3 is 5.32 Å². The molecule has 0 spiro atoms. The molecule has 0 radical (unpaired) electrons. The van der Waals surface area contributed by atoms with E-state index in [1.165, 1.54) is 16.3 Å². The Hall–Kier alpha value is -2.04. The summed E-state index contributed by atoms with van der Waals surface area (Å²) >= 11 is 0. The van der Waals surface area contributed by atoms with Crippen molar-refractivity contribution in [3.05, 3.63) is 60.2 Å². The molecule has 1 atom stereocenters. The van der Waals surface area contributed by atoms with Gasteiger partial charge in [0.25, 0.3) is 0 Å². The van der Waals surface area contributed by atoms with Crippen LogP contribution in [0.5, 0.6) is 0 Å². The molecular weight excluding hydrogens is 266 g/mol. The Labute approximate surface area is 134 Å². The molecule has 2 aromatic rings. The summed E-state index contributed by atoms with van der Waals surface area (Å²) in [5, 5.41) is 6.15. The van der Waals surface area contributed by atoms with Crippen LogP contribution < -0.4 is 5.32 Å². The van der Waals surface area contributed by atoms with Crippen LogP contribution in [-0.4, -0.2) is 6.04 Å². The number of nitrogens with one attached hydrogen (secondary N) is 1. The number of hydrogen-bond acceptors (Lipinski definition) is 1. The summed E-state index contributed by atoms with van der Waals surface area (Å²) in [6, 6.07) is 15.3. The highest BCUT2D eigenvalue weighted by Gasteiger charge is 2.03. The van der Waals surface area contributed by atoms with Crippen molar-refractivity contribution in [1.82, 2.24) is 5.32 Å². The maximum atomic E-state index is 3.53. The average molecular weight is 291 g/mol. The molecule has 0 aliphatic carbocycles. The second-order valence-electron chi connectivity index (χ2n) is 6.69. The molecular formula is C21H25N. The predicted molar refractivity (Wildman–Crippen MR) is 96.6 cm³/mol. The van der Waals surface area contributed by atoms with E-state index >= 15 is 0 Å². The lowest BCUT2D eigenvalue weighted by molar-refractivity contribution is 0.571. The van der Waals surface area contributed by atoms with Crippen molar-refractivity contribution in [2.45, 2.75) is 40.3 Å². The van der Waals surface area contributed by atoms with E-state index in [9.17, 15) is 0 Å². The van der Waals surface area contributed by atoms with Crippen molar-refractivity contribution in [1.29, 1.82) is 0 Å². The molecule has 2 aromatic carbocycles. The second kappa shape index (κ2) is 7.29. The third-order valence-corrected chi connectivity index (χ3v) is 3.41. The lowest BCUT2D eigenvalue weighted by atomic mass is 9.98. The van der Waals surface area contributed by atoms with Crippen LogP contribution in [-0.2, 0) is 6.54 Å². The number of benzene rings is 2. The number of fused-ring (bicyclic) bond motifs is 1. The first-order valence-electron chi connectivity index (χ1n) is 7.85. The topological polar surface area (TPSA) is 12.0 Å². The SMILES string of the molecule is CC(C=CC#CC(C)(C)C)NCc1cccc2ccccc12. The Kier molecular flexibility index (Phi) is 5.41. The molecule has 0 aliphatic rings. The molecule has 1 heteroatoms. The van der Waals surface area contributed by atoms with Gasteiger partial charge in [-0.3, -0.25) is 0 Å². The molecule has 0 amide bonds. The van der Waals surface area contributed by atoms with Crippen molar-refractivity contribution in [2.75, 3.05) is 0 Å². The van der Waals surface area contributed by atoms with Gasteiger partial charge >= 0.3 is 0 Å². The van der Waals surface area contributed by atoms with Crippen LogP contribution in [0, 0.1) is 17.3 Å². The first-order valence-corrected chi connectivity index (χ1v) is 7.85. The maximum Gasteiger partial charge on any atom is 0.0234 e. The van der Waals surface area contributed by atoms with Gasteiger partial charge in [0.05, 0.1) is 0 Å². The van der Waals surface area contributed by atoms with Gasteiger partial charge in [0, 0.05) is 18.0 Å². The lowest BCUT2D eigenvalue weighted by Crippen LogP contribution is -2.23. The van der Waals surface area contributed by atoms with Crippen molar-refractivity contribution in [3.63, 3.8) is 0 Å². The molecule has 0 heterocycles. The van der Waals surface area contributed by atoms with E-state index in [1.807, 2.05) is 6.08 Å². The monoisotopic (exact) mass is 291 g/mol. The van der Waals surface area contributed by atoms with Crippen LogP contribution in [0.1, 0.15) is 33.3 Å². The molecule has 1 nitrogen and oxygen atoms in total. The smallest absolute Gasteiger partial charge is 0.0234 e. The fraction of sp³-hybridized carbons (Fsp3) is 0.333. The first-order chi connectivity index (χ1) is 10.5. The van der Waals surface area contributed by atoms with Crippen molar-refractivity contribution in [3.8, 4) is 11.8 Å². The van der Waals surface area contributed by atoms with Crippen LogP contribution >= 0.6 is 0 Å². The zero-order valence-electron chi connectivity index (χ0n) is 14.0.